The van der Waals surface area contributed by atoms with Crippen molar-refractivity contribution in [3.05, 3.63) is 70.8 Å². The van der Waals surface area contributed by atoms with Gasteiger partial charge in [0.1, 0.15) is 4.91 Å². The van der Waals surface area contributed by atoms with E-state index in [1.54, 1.807) is 26.2 Å². The largest absolute Gasteiger partial charge is 0.393 e. The zero-order chi connectivity index (χ0) is 33.2. The van der Waals surface area contributed by atoms with Crippen molar-refractivity contribution in [2.24, 2.45) is 17.8 Å². The van der Waals surface area contributed by atoms with Gasteiger partial charge in [0.05, 0.1) is 4.90 Å². The molecule has 254 valence electrons. The molecular formula is C36H51N7O3S. The predicted octanol–water partition coefficient (Wildman–Crippen LogP) is 3.80. The van der Waals surface area contributed by atoms with Crippen molar-refractivity contribution in [3.8, 4) is 0 Å². The zero-order valence-electron chi connectivity index (χ0n) is 28.0. The van der Waals surface area contributed by atoms with E-state index in [1.165, 1.54) is 17.3 Å². The Morgan fingerprint density at radius 3 is 2.43 bits per heavy atom. The molecule has 3 atom stereocenters. The van der Waals surface area contributed by atoms with Crippen molar-refractivity contribution < 1.29 is 13.2 Å². The van der Waals surface area contributed by atoms with Gasteiger partial charge in [-0.05, 0) is 93.0 Å². The molecule has 2 aromatic rings. The monoisotopic (exact) mass is 661 g/mol. The number of nitrogens with zero attached hydrogens (tertiary/aromatic N) is 3. The molecule has 11 heteroatoms. The number of allylic oxidation sites excluding steroid dienone is 1. The highest BCUT2D eigenvalue weighted by atomic mass is 32.2. The second-order valence-corrected chi connectivity index (χ2v) is 16.0. The van der Waals surface area contributed by atoms with Gasteiger partial charge in [-0.3, -0.25) is 0 Å². The Balaban J connectivity index is 1.10. The van der Waals surface area contributed by atoms with Gasteiger partial charge in [-0.2, -0.15) is 0 Å². The number of amides is 2. The second kappa shape index (κ2) is 14.0. The number of sulfone groups is 1. The quantitative estimate of drug-likeness (QED) is 0.286. The van der Waals surface area contributed by atoms with Gasteiger partial charge >= 0.3 is 6.03 Å². The van der Waals surface area contributed by atoms with Crippen molar-refractivity contribution in [2.75, 3.05) is 65.3 Å². The minimum Gasteiger partial charge on any atom is -0.393 e. The van der Waals surface area contributed by atoms with Crippen LogP contribution in [0.2, 0.25) is 0 Å². The van der Waals surface area contributed by atoms with Crippen LogP contribution in [0.25, 0.3) is 0 Å². The van der Waals surface area contributed by atoms with Crippen molar-refractivity contribution in [2.45, 2.75) is 55.0 Å². The summed E-state index contributed by atoms with van der Waals surface area (Å²) in [6.45, 7) is 7.22. The fourth-order valence-corrected chi connectivity index (χ4v) is 10.3. The van der Waals surface area contributed by atoms with Crippen LogP contribution in [0.1, 0.15) is 43.2 Å². The van der Waals surface area contributed by atoms with Gasteiger partial charge < -0.3 is 36.1 Å². The number of likely N-dealkylation sites (tertiary alicyclic amines) is 1. The van der Waals surface area contributed by atoms with Gasteiger partial charge in [0.15, 0.2) is 0 Å². The molecule has 10 nitrogen and oxygen atoms in total. The number of carbonyl (C=O) groups is 1. The molecule has 4 N–H and O–H groups in total. The molecule has 2 amide bonds. The van der Waals surface area contributed by atoms with Gasteiger partial charge in [-0.15, -0.1) is 0 Å². The van der Waals surface area contributed by atoms with Crippen LogP contribution in [0.5, 0.6) is 0 Å². The van der Waals surface area contributed by atoms with E-state index in [4.69, 9.17) is 5.41 Å². The minimum absolute atomic E-state index is 0.0209. The van der Waals surface area contributed by atoms with E-state index < -0.39 is 9.84 Å². The van der Waals surface area contributed by atoms with Crippen LogP contribution >= 0.6 is 0 Å². The summed E-state index contributed by atoms with van der Waals surface area (Å²) in [6, 6.07) is 16.3. The van der Waals surface area contributed by atoms with Crippen molar-refractivity contribution in [3.63, 3.8) is 0 Å². The molecule has 0 aromatic heterocycles. The SMILES string of the molecule is CN/C=C(\C=N)S(=O)(=O)c1ccc(N2CC(CN3CCC(C4([C@H]5CCC[C@@H]5NC(=O)NC)CN(C)Cc5ccccc54)CC3)C2)cc1. The third-order valence-electron chi connectivity index (χ3n) is 11.3. The molecule has 1 saturated carbocycles. The molecule has 2 aromatic carbocycles. The first-order chi connectivity index (χ1) is 22.7. The van der Waals surface area contributed by atoms with Gasteiger partial charge in [0.25, 0.3) is 0 Å². The third kappa shape index (κ3) is 6.54. The predicted molar refractivity (Wildman–Crippen MR) is 188 cm³/mol. The van der Waals surface area contributed by atoms with Crippen LogP contribution in [0.4, 0.5) is 10.5 Å². The number of fused-ring (bicyclic) bond motifs is 1. The first-order valence-electron chi connectivity index (χ1n) is 17.1. The Morgan fingerprint density at radius 1 is 1.02 bits per heavy atom. The maximum absolute atomic E-state index is 12.9. The summed E-state index contributed by atoms with van der Waals surface area (Å²) in [4.78, 5) is 20.1. The Labute approximate surface area is 280 Å². The van der Waals surface area contributed by atoms with E-state index in [9.17, 15) is 13.2 Å². The average Bonchev–Trinajstić information content (AvgIpc) is 3.53. The summed E-state index contributed by atoms with van der Waals surface area (Å²) in [7, 11) is 1.87. The lowest BCUT2D eigenvalue weighted by atomic mass is 9.56. The number of anilines is 1. The fraction of sp³-hybridized carbons (Fsp3) is 0.556. The molecule has 3 aliphatic heterocycles. The summed E-state index contributed by atoms with van der Waals surface area (Å²) >= 11 is 0. The summed E-state index contributed by atoms with van der Waals surface area (Å²) in [5.74, 6) is 1.56. The molecule has 0 bridgehead atoms. The van der Waals surface area contributed by atoms with Crippen molar-refractivity contribution in [1.82, 2.24) is 25.8 Å². The Hall–Kier alpha value is -3.41. The summed E-state index contributed by atoms with van der Waals surface area (Å²) in [6.07, 6.45) is 7.88. The molecule has 47 heavy (non-hydrogen) atoms. The van der Waals surface area contributed by atoms with Crippen LogP contribution in [0.15, 0.2) is 64.5 Å². The minimum atomic E-state index is -3.72. The topological polar surface area (TPSA) is 121 Å². The first-order valence-corrected chi connectivity index (χ1v) is 18.6. The maximum atomic E-state index is 12.9. The zero-order valence-corrected chi connectivity index (χ0v) is 28.9. The van der Waals surface area contributed by atoms with E-state index in [0.717, 1.165) is 89.8 Å². The number of likely N-dealkylation sites (N-methyl/N-ethyl adjacent to an activating group) is 1. The third-order valence-corrected chi connectivity index (χ3v) is 13.0. The van der Waals surface area contributed by atoms with Crippen LogP contribution in [0.3, 0.4) is 0 Å². The fourth-order valence-electron chi connectivity index (χ4n) is 9.15. The number of hydrogen-bond donors (Lipinski definition) is 4. The molecule has 1 aliphatic carbocycles. The smallest absolute Gasteiger partial charge is 0.314 e. The lowest BCUT2D eigenvalue weighted by Crippen LogP contribution is -2.60. The number of carbonyl (C=O) groups excluding carboxylic acids is 1. The Bertz CT molecular complexity index is 1570. The highest BCUT2D eigenvalue weighted by molar-refractivity contribution is 7.96. The standard InChI is InChI=1S/C36H51N7O3S/c1-38-20-31(19-37)47(45,46)30-13-11-29(12-14-30)43-22-26(23-43)21-42-17-15-28(16-18-42)36(33-9-6-10-34(33)40-35(44)39-2)25-41(3)24-27-7-4-5-8-32(27)36/h4-5,7-8,11-14,19-20,26,28,33-34,37-38H,6,9-10,15-18,21-25H2,1-3H3,(H2,39,40,44)/b31-20+,37-19?/t33-,34-,36?/m0/s1. The highest BCUT2D eigenvalue weighted by Gasteiger charge is 2.54. The van der Waals surface area contributed by atoms with E-state index in [0.29, 0.717) is 17.8 Å². The second-order valence-electron chi connectivity index (χ2n) is 14.1. The number of nitrogens with one attached hydrogen (secondary N) is 4. The van der Waals surface area contributed by atoms with Crippen LogP contribution < -0.4 is 20.9 Å². The van der Waals surface area contributed by atoms with Gasteiger partial charge in [0.2, 0.25) is 9.84 Å². The Morgan fingerprint density at radius 2 is 1.74 bits per heavy atom. The molecule has 0 radical (unpaired) electrons. The highest BCUT2D eigenvalue weighted by Crippen LogP contribution is 2.53. The molecule has 4 aliphatic rings. The first kappa shape index (κ1) is 33.5. The number of urea groups is 1. The van der Waals surface area contributed by atoms with Crippen LogP contribution in [0, 0.1) is 23.2 Å². The lowest BCUT2D eigenvalue weighted by molar-refractivity contribution is 0.0347. The normalized spacial score (nSPS) is 26.4. The van der Waals surface area contributed by atoms with E-state index in [-0.39, 0.29) is 27.3 Å². The van der Waals surface area contributed by atoms with Crippen LogP contribution in [-0.4, -0.2) is 96.9 Å². The van der Waals surface area contributed by atoms with Crippen molar-refractivity contribution in [1.29, 1.82) is 5.41 Å². The van der Waals surface area contributed by atoms with E-state index in [2.05, 4.69) is 62.0 Å². The molecule has 3 heterocycles. The average molecular weight is 662 g/mol. The summed E-state index contributed by atoms with van der Waals surface area (Å²) in [5.41, 5.74) is 4.02. The summed E-state index contributed by atoms with van der Waals surface area (Å²) in [5, 5.41) is 16.3. The molecule has 6 rings (SSSR count). The van der Waals surface area contributed by atoms with E-state index >= 15 is 0 Å². The number of piperidine rings is 1. The molecule has 3 fully saturated rings. The van der Waals surface area contributed by atoms with Crippen LogP contribution in [-0.2, 0) is 21.8 Å². The van der Waals surface area contributed by atoms with Gasteiger partial charge in [-0.25, -0.2) is 13.2 Å². The lowest BCUT2D eigenvalue weighted by Gasteiger charge is -2.55. The summed E-state index contributed by atoms with van der Waals surface area (Å²) < 4.78 is 25.7. The number of rotatable bonds is 10. The van der Waals surface area contributed by atoms with Gasteiger partial charge in [0, 0.05) is 82.3 Å². The van der Waals surface area contributed by atoms with Crippen molar-refractivity contribution >= 4 is 27.8 Å². The maximum Gasteiger partial charge on any atom is 0.314 e. The van der Waals surface area contributed by atoms with Gasteiger partial charge in [-0.1, -0.05) is 30.7 Å². The number of hydrogen-bond acceptors (Lipinski definition) is 8. The number of benzene rings is 2. The molecule has 0 spiro atoms. The molecular weight excluding hydrogens is 611 g/mol. The van der Waals surface area contributed by atoms with E-state index in [1.807, 2.05) is 12.1 Å². The Kier molecular flexibility index (Phi) is 9.96. The molecule has 1 unspecified atom stereocenters. The molecule has 2 saturated heterocycles.